The topological polar surface area (TPSA) is 88.8 Å². The number of carboxylic acids is 1. The summed E-state index contributed by atoms with van der Waals surface area (Å²) in [6, 6.07) is 12.8. The molecule has 2 heterocycles. The highest BCUT2D eigenvalue weighted by Gasteiger charge is 2.31. The molecule has 2 aromatic carbocycles. The Bertz CT molecular complexity index is 1250. The summed E-state index contributed by atoms with van der Waals surface area (Å²) in [5, 5.41) is 9.85. The zero-order valence-corrected chi connectivity index (χ0v) is 19.2. The molecule has 1 N–H and O–H groups in total. The molecule has 1 saturated heterocycles. The molecule has 176 valence electrons. The van der Waals surface area contributed by atoms with Crippen LogP contribution in [0.2, 0.25) is 0 Å². The second-order valence-corrected chi connectivity index (χ2v) is 10.1. The molecule has 9 heteroatoms. The van der Waals surface area contributed by atoms with Gasteiger partial charge in [-0.15, -0.1) is 0 Å². The van der Waals surface area contributed by atoms with Crippen LogP contribution in [-0.4, -0.2) is 48.1 Å². The Hall–Kier alpha value is -2.91. The molecule has 0 atom stereocenters. The third-order valence-corrected chi connectivity index (χ3v) is 7.95. The highest BCUT2D eigenvalue weighted by molar-refractivity contribution is 7.89. The minimum absolute atomic E-state index is 0.00327. The maximum atomic E-state index is 13.8. The van der Waals surface area contributed by atoms with Gasteiger partial charge in [-0.2, -0.15) is 4.31 Å². The second-order valence-electron chi connectivity index (χ2n) is 8.14. The van der Waals surface area contributed by atoms with Crippen molar-refractivity contribution in [1.29, 1.82) is 0 Å². The first-order valence-electron chi connectivity index (χ1n) is 11.0. The van der Waals surface area contributed by atoms with E-state index in [9.17, 15) is 17.6 Å². The molecule has 1 fully saturated rings. The lowest BCUT2D eigenvalue weighted by molar-refractivity contribution is -0.137. The molecule has 7 nitrogen and oxygen atoms in total. The van der Waals surface area contributed by atoms with Gasteiger partial charge in [0.25, 0.3) is 0 Å². The molecule has 0 radical (unpaired) electrons. The minimum atomic E-state index is -3.62. The summed E-state index contributed by atoms with van der Waals surface area (Å²) >= 11 is 0. The normalized spacial score (nSPS) is 15.7. The number of nitrogens with zero attached hydrogens (tertiary/aromatic N) is 2. The summed E-state index contributed by atoms with van der Waals surface area (Å²) in [6.45, 7) is 3.07. The fourth-order valence-corrected chi connectivity index (χ4v) is 5.96. The number of carboxylic acid groups (broad SMARTS) is 1. The van der Waals surface area contributed by atoms with E-state index in [0.29, 0.717) is 44.7 Å². The summed E-state index contributed by atoms with van der Waals surface area (Å²) in [6.07, 6.45) is 1.47. The van der Waals surface area contributed by atoms with Crippen LogP contribution in [0.1, 0.15) is 37.9 Å². The van der Waals surface area contributed by atoms with Crippen molar-refractivity contribution in [2.24, 2.45) is 0 Å². The molecule has 1 aromatic heterocycles. The zero-order chi connectivity index (χ0) is 23.6. The van der Waals surface area contributed by atoms with Gasteiger partial charge in [-0.25, -0.2) is 12.8 Å². The molecular weight excluding hydrogens is 447 g/mol. The Morgan fingerprint density at radius 1 is 1.12 bits per heavy atom. The van der Waals surface area contributed by atoms with Crippen molar-refractivity contribution >= 4 is 26.9 Å². The SMILES string of the molecule is CCOc1ccc(S(=O)(=O)N2CCC(n3c(CCC(=O)O)cc4cc(F)ccc43)CC2)cc1. The van der Waals surface area contributed by atoms with Crippen LogP contribution in [0, 0.1) is 5.82 Å². The van der Waals surface area contributed by atoms with Crippen LogP contribution in [0.25, 0.3) is 10.9 Å². The fraction of sp³-hybridized carbons (Fsp3) is 0.375. The van der Waals surface area contributed by atoms with E-state index < -0.39 is 16.0 Å². The predicted octanol–water partition coefficient (Wildman–Crippen LogP) is 4.22. The van der Waals surface area contributed by atoms with Gasteiger partial charge >= 0.3 is 5.97 Å². The molecule has 1 aliphatic rings. The van der Waals surface area contributed by atoms with Crippen LogP contribution >= 0.6 is 0 Å². The van der Waals surface area contributed by atoms with Gasteiger partial charge in [-0.1, -0.05) is 0 Å². The van der Waals surface area contributed by atoms with Crippen molar-refractivity contribution in [1.82, 2.24) is 8.87 Å². The first-order chi connectivity index (χ1) is 15.8. The van der Waals surface area contributed by atoms with E-state index in [2.05, 4.69) is 4.57 Å². The average molecular weight is 475 g/mol. The molecule has 1 aliphatic heterocycles. The lowest BCUT2D eigenvalue weighted by Gasteiger charge is -2.33. The van der Waals surface area contributed by atoms with Crippen LogP contribution in [0.3, 0.4) is 0 Å². The minimum Gasteiger partial charge on any atom is -0.494 e. The van der Waals surface area contributed by atoms with Crippen LogP contribution < -0.4 is 4.74 Å². The smallest absolute Gasteiger partial charge is 0.303 e. The van der Waals surface area contributed by atoms with E-state index >= 15 is 0 Å². The molecule has 4 rings (SSSR count). The van der Waals surface area contributed by atoms with Crippen LogP contribution in [0.4, 0.5) is 4.39 Å². The van der Waals surface area contributed by atoms with Gasteiger partial charge in [0, 0.05) is 35.7 Å². The van der Waals surface area contributed by atoms with E-state index in [1.165, 1.54) is 16.4 Å². The highest BCUT2D eigenvalue weighted by Crippen LogP contribution is 2.33. The number of hydrogen-bond donors (Lipinski definition) is 1. The molecule has 0 amide bonds. The van der Waals surface area contributed by atoms with E-state index in [4.69, 9.17) is 9.84 Å². The van der Waals surface area contributed by atoms with Gasteiger partial charge in [0.15, 0.2) is 0 Å². The molecule has 0 unspecified atom stereocenters. The maximum Gasteiger partial charge on any atom is 0.303 e. The lowest BCUT2D eigenvalue weighted by atomic mass is 10.1. The summed E-state index contributed by atoms with van der Waals surface area (Å²) in [5.74, 6) is -0.616. The Balaban J connectivity index is 1.54. The van der Waals surface area contributed by atoms with Crippen LogP contribution in [0.15, 0.2) is 53.4 Å². The number of piperidine rings is 1. The van der Waals surface area contributed by atoms with E-state index in [1.54, 1.807) is 30.3 Å². The first-order valence-corrected chi connectivity index (χ1v) is 12.5. The second kappa shape index (κ2) is 9.52. The number of fused-ring (bicyclic) bond motifs is 1. The van der Waals surface area contributed by atoms with Crippen LogP contribution in [0.5, 0.6) is 5.75 Å². The highest BCUT2D eigenvalue weighted by atomic mass is 32.2. The van der Waals surface area contributed by atoms with Crippen molar-refractivity contribution in [3.05, 3.63) is 60.0 Å². The largest absolute Gasteiger partial charge is 0.494 e. The number of ether oxygens (including phenoxy) is 1. The quantitative estimate of drug-likeness (QED) is 0.528. The Kier molecular flexibility index (Phi) is 6.71. The van der Waals surface area contributed by atoms with Gasteiger partial charge < -0.3 is 14.4 Å². The van der Waals surface area contributed by atoms with Gasteiger partial charge in [-0.05, 0) is 74.7 Å². The Morgan fingerprint density at radius 3 is 2.45 bits per heavy atom. The standard InChI is InChI=1S/C24H27FN2O5S/c1-2-32-21-5-7-22(8-6-21)33(30,31)26-13-11-19(12-14-26)27-20(4-10-24(28)29)16-17-15-18(25)3-9-23(17)27/h3,5-9,15-16,19H,2,4,10-14H2,1H3,(H,28,29). The lowest BCUT2D eigenvalue weighted by Crippen LogP contribution is -2.39. The summed E-state index contributed by atoms with van der Waals surface area (Å²) < 4.78 is 48.9. The van der Waals surface area contributed by atoms with Crippen LogP contribution in [-0.2, 0) is 21.2 Å². The van der Waals surface area contributed by atoms with Crippen molar-refractivity contribution in [2.45, 2.75) is 43.5 Å². The van der Waals surface area contributed by atoms with Crippen molar-refractivity contribution in [3.8, 4) is 5.75 Å². The van der Waals surface area contributed by atoms with Crippen molar-refractivity contribution in [2.75, 3.05) is 19.7 Å². The fourth-order valence-electron chi connectivity index (χ4n) is 4.49. The third kappa shape index (κ3) is 4.89. The number of benzene rings is 2. The monoisotopic (exact) mass is 474 g/mol. The van der Waals surface area contributed by atoms with E-state index in [-0.39, 0.29) is 23.2 Å². The predicted molar refractivity (Wildman–Crippen MR) is 122 cm³/mol. The average Bonchev–Trinajstić information content (AvgIpc) is 3.15. The number of sulfonamides is 1. The summed E-state index contributed by atoms with van der Waals surface area (Å²) in [4.78, 5) is 11.4. The first kappa shape index (κ1) is 23.3. The van der Waals surface area contributed by atoms with Crippen molar-refractivity contribution in [3.63, 3.8) is 0 Å². The molecule has 3 aromatic rings. The number of hydrogen-bond acceptors (Lipinski definition) is 4. The van der Waals surface area contributed by atoms with E-state index in [0.717, 1.165) is 16.6 Å². The van der Waals surface area contributed by atoms with Gasteiger partial charge in [0.2, 0.25) is 10.0 Å². The molecular formula is C24H27FN2O5S. The molecule has 0 bridgehead atoms. The molecule has 33 heavy (non-hydrogen) atoms. The Labute approximate surface area is 192 Å². The number of aromatic nitrogens is 1. The molecule has 0 spiro atoms. The number of carbonyl (C=O) groups is 1. The number of halogens is 1. The molecule has 0 aliphatic carbocycles. The summed E-state index contributed by atoms with van der Waals surface area (Å²) in [7, 11) is -3.62. The third-order valence-electron chi connectivity index (χ3n) is 6.04. The Morgan fingerprint density at radius 2 is 1.82 bits per heavy atom. The van der Waals surface area contributed by atoms with Gasteiger partial charge in [0.05, 0.1) is 17.9 Å². The number of aryl methyl sites for hydroxylation is 1. The maximum absolute atomic E-state index is 13.8. The molecule has 0 saturated carbocycles. The number of aliphatic carboxylic acids is 1. The van der Waals surface area contributed by atoms with Gasteiger partial charge in [0.1, 0.15) is 11.6 Å². The zero-order valence-electron chi connectivity index (χ0n) is 18.4. The van der Waals surface area contributed by atoms with E-state index in [1.807, 2.05) is 13.0 Å². The number of rotatable bonds is 8. The summed E-state index contributed by atoms with van der Waals surface area (Å²) in [5.41, 5.74) is 1.66. The van der Waals surface area contributed by atoms with Gasteiger partial charge in [-0.3, -0.25) is 4.79 Å². The van der Waals surface area contributed by atoms with Crippen molar-refractivity contribution < 1.29 is 27.4 Å².